The van der Waals surface area contributed by atoms with Crippen molar-refractivity contribution >= 4 is 0 Å². The predicted octanol–water partition coefficient (Wildman–Crippen LogP) is 2.10. The third-order valence-corrected chi connectivity index (χ3v) is 3.83. The highest BCUT2D eigenvalue weighted by atomic mass is 15.1. The molecule has 14 heavy (non-hydrogen) atoms. The Kier molecular flexibility index (Phi) is 3.96. The van der Waals surface area contributed by atoms with Crippen LogP contribution in [0.15, 0.2) is 0 Å². The maximum Gasteiger partial charge on any atom is 0.00998 e. The summed E-state index contributed by atoms with van der Waals surface area (Å²) < 4.78 is 0. The van der Waals surface area contributed by atoms with Crippen molar-refractivity contribution in [1.82, 2.24) is 10.2 Å². The highest BCUT2D eigenvalue weighted by Gasteiger charge is 2.52. The predicted molar refractivity (Wildman–Crippen MR) is 62.6 cm³/mol. The summed E-state index contributed by atoms with van der Waals surface area (Å²) in [6, 6.07) is 1.70. The first-order valence-corrected chi connectivity index (χ1v) is 5.99. The first-order valence-electron chi connectivity index (χ1n) is 5.99. The van der Waals surface area contributed by atoms with Crippen LogP contribution in [0.25, 0.3) is 0 Å². The minimum absolute atomic E-state index is 0.766. The lowest BCUT2D eigenvalue weighted by Gasteiger charge is -2.59. The number of nitrogens with one attached hydrogen (secondary N) is 1. The van der Waals surface area contributed by atoms with Gasteiger partial charge in [0, 0.05) is 12.1 Å². The Balaban J connectivity index is 0.000000461. The van der Waals surface area contributed by atoms with Crippen molar-refractivity contribution in [2.24, 2.45) is 5.41 Å². The van der Waals surface area contributed by atoms with Crippen molar-refractivity contribution in [3.05, 3.63) is 0 Å². The molecule has 0 aromatic heterocycles. The molecule has 2 nitrogen and oxygen atoms in total. The average molecular weight is 198 g/mol. The minimum atomic E-state index is 0.766. The summed E-state index contributed by atoms with van der Waals surface area (Å²) in [6.07, 6.45) is 5.73. The van der Waals surface area contributed by atoms with Crippen LogP contribution in [-0.4, -0.2) is 38.1 Å². The molecular formula is C12H26N2. The van der Waals surface area contributed by atoms with Crippen LogP contribution in [0.1, 0.15) is 39.5 Å². The summed E-state index contributed by atoms with van der Waals surface area (Å²) in [5, 5.41) is 3.36. The van der Waals surface area contributed by atoms with Gasteiger partial charge in [0.2, 0.25) is 0 Å². The number of rotatable bonds is 2. The quantitative estimate of drug-likeness (QED) is 0.731. The van der Waals surface area contributed by atoms with Gasteiger partial charge in [0.25, 0.3) is 0 Å². The largest absolute Gasteiger partial charge is 0.317 e. The summed E-state index contributed by atoms with van der Waals surface area (Å²) >= 11 is 0. The number of hydrogen-bond donors (Lipinski definition) is 1. The third-order valence-electron chi connectivity index (χ3n) is 3.83. The molecule has 0 atom stereocenters. The van der Waals surface area contributed by atoms with Gasteiger partial charge in [-0.1, -0.05) is 13.8 Å². The van der Waals surface area contributed by atoms with Crippen molar-refractivity contribution in [2.75, 3.05) is 21.1 Å². The topological polar surface area (TPSA) is 15.3 Å². The Morgan fingerprint density at radius 2 is 1.57 bits per heavy atom. The first kappa shape index (κ1) is 12.0. The Labute approximate surface area is 89.1 Å². The zero-order valence-corrected chi connectivity index (χ0v) is 10.4. The third kappa shape index (κ3) is 2.12. The van der Waals surface area contributed by atoms with E-state index in [1.807, 2.05) is 13.8 Å². The molecule has 2 heteroatoms. The molecule has 2 rings (SSSR count). The molecule has 0 unspecified atom stereocenters. The van der Waals surface area contributed by atoms with Gasteiger partial charge in [0.1, 0.15) is 0 Å². The Morgan fingerprint density at radius 3 is 1.93 bits per heavy atom. The van der Waals surface area contributed by atoms with Crippen LogP contribution in [0, 0.1) is 5.41 Å². The number of hydrogen-bond acceptors (Lipinski definition) is 2. The molecule has 84 valence electrons. The van der Waals surface area contributed by atoms with E-state index >= 15 is 0 Å². The Hall–Kier alpha value is -0.0800. The second kappa shape index (κ2) is 4.63. The summed E-state index contributed by atoms with van der Waals surface area (Å²) in [5.41, 5.74) is 0.766. The fourth-order valence-corrected chi connectivity index (χ4v) is 2.83. The monoisotopic (exact) mass is 198 g/mol. The molecule has 2 saturated carbocycles. The lowest BCUT2D eigenvalue weighted by atomic mass is 9.52. The fraction of sp³-hybridized carbons (Fsp3) is 1.00. The molecule has 0 bridgehead atoms. The fourth-order valence-electron chi connectivity index (χ4n) is 2.83. The Bertz CT molecular complexity index is 163. The van der Waals surface area contributed by atoms with Crippen LogP contribution in [0.2, 0.25) is 0 Å². The smallest absolute Gasteiger partial charge is 0.00998 e. The molecule has 0 radical (unpaired) electrons. The van der Waals surface area contributed by atoms with Crippen LogP contribution >= 0.6 is 0 Å². The van der Waals surface area contributed by atoms with Gasteiger partial charge in [-0.15, -0.1) is 0 Å². The highest BCUT2D eigenvalue weighted by molar-refractivity contribution is 5.07. The molecule has 0 saturated heterocycles. The zero-order chi connectivity index (χ0) is 10.8. The second-order valence-corrected chi connectivity index (χ2v) is 4.92. The lowest BCUT2D eigenvalue weighted by Crippen LogP contribution is -2.59. The van der Waals surface area contributed by atoms with Crippen LogP contribution in [0.5, 0.6) is 0 Å². The molecule has 0 aromatic carbocycles. The van der Waals surface area contributed by atoms with E-state index in [1.165, 1.54) is 25.7 Å². The maximum absolute atomic E-state index is 3.36. The standard InChI is InChI=1S/C10H20N2.C2H6/c1-11-8-4-10(5-8)6-9(7-10)12(2)3;1-2/h8-9,11H,4-7H2,1-3H3;1-2H3. The maximum atomic E-state index is 3.36. The minimum Gasteiger partial charge on any atom is -0.317 e. The van der Waals surface area contributed by atoms with Gasteiger partial charge < -0.3 is 10.2 Å². The molecule has 2 aliphatic rings. The second-order valence-electron chi connectivity index (χ2n) is 4.92. The van der Waals surface area contributed by atoms with E-state index in [2.05, 4.69) is 31.4 Å². The van der Waals surface area contributed by atoms with Gasteiger partial charge in [-0.05, 0) is 52.2 Å². The molecular weight excluding hydrogens is 172 g/mol. The van der Waals surface area contributed by atoms with Crippen molar-refractivity contribution in [3.8, 4) is 0 Å². The van der Waals surface area contributed by atoms with Crippen molar-refractivity contribution < 1.29 is 0 Å². The van der Waals surface area contributed by atoms with E-state index in [0.717, 1.165) is 17.5 Å². The molecule has 0 aliphatic heterocycles. The SMILES string of the molecule is CC.CNC1CC2(C1)CC(N(C)C)C2. The average Bonchev–Trinajstić information content (AvgIpc) is 2.03. The zero-order valence-electron chi connectivity index (χ0n) is 10.4. The summed E-state index contributed by atoms with van der Waals surface area (Å²) in [5.74, 6) is 0. The summed E-state index contributed by atoms with van der Waals surface area (Å²) in [7, 11) is 6.48. The van der Waals surface area contributed by atoms with Gasteiger partial charge in [0.05, 0.1) is 0 Å². The van der Waals surface area contributed by atoms with E-state index in [4.69, 9.17) is 0 Å². The molecule has 0 heterocycles. The van der Waals surface area contributed by atoms with E-state index in [-0.39, 0.29) is 0 Å². The van der Waals surface area contributed by atoms with E-state index in [9.17, 15) is 0 Å². The van der Waals surface area contributed by atoms with Crippen molar-refractivity contribution in [2.45, 2.75) is 51.6 Å². The van der Waals surface area contributed by atoms with Crippen LogP contribution in [0.4, 0.5) is 0 Å². The molecule has 1 spiro atoms. The molecule has 0 aromatic rings. The van der Waals surface area contributed by atoms with Gasteiger partial charge in [0.15, 0.2) is 0 Å². The molecule has 2 aliphatic carbocycles. The van der Waals surface area contributed by atoms with Crippen LogP contribution in [-0.2, 0) is 0 Å². The number of nitrogens with zero attached hydrogens (tertiary/aromatic N) is 1. The molecule has 0 amide bonds. The van der Waals surface area contributed by atoms with Gasteiger partial charge in [-0.25, -0.2) is 0 Å². The van der Waals surface area contributed by atoms with E-state index in [1.54, 1.807) is 0 Å². The van der Waals surface area contributed by atoms with Crippen molar-refractivity contribution in [1.29, 1.82) is 0 Å². The molecule has 1 N–H and O–H groups in total. The Morgan fingerprint density at radius 1 is 1.07 bits per heavy atom. The van der Waals surface area contributed by atoms with Gasteiger partial charge in [-0.3, -0.25) is 0 Å². The van der Waals surface area contributed by atoms with Crippen LogP contribution < -0.4 is 5.32 Å². The first-order chi connectivity index (χ1) is 6.65. The van der Waals surface area contributed by atoms with E-state index < -0.39 is 0 Å². The summed E-state index contributed by atoms with van der Waals surface area (Å²) in [4.78, 5) is 2.37. The summed E-state index contributed by atoms with van der Waals surface area (Å²) in [6.45, 7) is 4.00. The molecule has 2 fully saturated rings. The normalized spacial score (nSPS) is 39.9. The van der Waals surface area contributed by atoms with Gasteiger partial charge >= 0.3 is 0 Å². The highest BCUT2D eigenvalue weighted by Crippen LogP contribution is 2.56. The van der Waals surface area contributed by atoms with E-state index in [0.29, 0.717) is 0 Å². The lowest BCUT2D eigenvalue weighted by molar-refractivity contribution is -0.0585. The van der Waals surface area contributed by atoms with Crippen molar-refractivity contribution in [3.63, 3.8) is 0 Å². The van der Waals surface area contributed by atoms with Gasteiger partial charge in [-0.2, -0.15) is 0 Å². The van der Waals surface area contributed by atoms with Crippen LogP contribution in [0.3, 0.4) is 0 Å².